The number of nitrogens with one attached hydrogen (secondary N) is 3. The van der Waals surface area contributed by atoms with Crippen LogP contribution in [0.2, 0.25) is 0 Å². The fourth-order valence-electron chi connectivity index (χ4n) is 1.74. The second kappa shape index (κ2) is 10.0. The molecule has 0 aliphatic rings. The first-order valence-electron chi connectivity index (χ1n) is 6.91. The minimum atomic E-state index is 0. The van der Waals surface area contributed by atoms with E-state index < -0.39 is 0 Å². The maximum Gasteiger partial charge on any atom is 0.311 e. The summed E-state index contributed by atoms with van der Waals surface area (Å²) in [5.41, 5.74) is 1.68. The molecule has 0 fully saturated rings. The summed E-state index contributed by atoms with van der Waals surface area (Å²) < 4.78 is 0. The number of H-pyrrole nitrogens is 1. The summed E-state index contributed by atoms with van der Waals surface area (Å²) in [5.74, 6) is 1.15. The van der Waals surface area contributed by atoms with Crippen LogP contribution in [0.25, 0.3) is 0 Å². The molecule has 1 aromatic carbocycles. The Kier molecular flexibility index (Phi) is 8.36. The molecular weight excluding hydrogens is 376 g/mol. The predicted molar refractivity (Wildman–Crippen MR) is 91.2 cm³/mol. The molecule has 0 unspecified atom stereocenters. The third-order valence-corrected chi connectivity index (χ3v) is 3.74. The predicted octanol–water partition coefficient (Wildman–Crippen LogP) is -1.63. The smallest absolute Gasteiger partial charge is 0.311 e. The molecular formula is C16H19BrN4OS. The molecule has 0 saturated carbocycles. The number of benzene rings is 1. The summed E-state index contributed by atoms with van der Waals surface area (Å²) >= 11 is 1.41. The van der Waals surface area contributed by atoms with Gasteiger partial charge < -0.3 is 17.0 Å². The van der Waals surface area contributed by atoms with Crippen LogP contribution < -0.4 is 27.3 Å². The monoisotopic (exact) mass is 394 g/mol. The Hall–Kier alpha value is -1.86. The maximum atomic E-state index is 12.1. The average molecular weight is 395 g/mol. The number of aromatic amines is 1. The highest BCUT2D eigenvalue weighted by Crippen LogP contribution is 2.10. The Morgan fingerprint density at radius 1 is 1.43 bits per heavy atom. The lowest BCUT2D eigenvalue weighted by atomic mass is 10.2. The molecule has 23 heavy (non-hydrogen) atoms. The fraction of sp³-hybridized carbons (Fsp3) is 0.188. The van der Waals surface area contributed by atoms with Gasteiger partial charge in [0, 0.05) is 17.3 Å². The molecule has 1 heterocycles. The normalized spacial score (nSPS) is 10.7. The number of hydrogen-bond acceptors (Lipinski definition) is 3. The third kappa shape index (κ3) is 6.42. The van der Waals surface area contributed by atoms with Gasteiger partial charge in [0.25, 0.3) is 0 Å². The van der Waals surface area contributed by atoms with E-state index in [4.69, 9.17) is 0 Å². The molecule has 122 valence electrons. The number of nitrogens with zero attached hydrogens (tertiary/aromatic N) is 1. The zero-order chi connectivity index (χ0) is 15.8. The quantitative estimate of drug-likeness (QED) is 0.238. The van der Waals surface area contributed by atoms with Crippen molar-refractivity contribution in [3.8, 4) is 0 Å². The van der Waals surface area contributed by atoms with Crippen molar-refractivity contribution in [2.75, 3.05) is 17.6 Å². The number of ketones is 1. The van der Waals surface area contributed by atoms with Gasteiger partial charge in [0.05, 0.1) is 5.75 Å². The van der Waals surface area contributed by atoms with E-state index in [0.717, 1.165) is 10.9 Å². The van der Waals surface area contributed by atoms with Crippen molar-refractivity contribution in [3.63, 3.8) is 0 Å². The standard InChI is InChI=1S/C16H18N4OS.BrH/c1-3-9-17-16(18-15-10-12(2)19-20-15)22-11-14(21)13-7-5-4-6-8-13;/h3-8,10H,1,9,11H2,2H3,(H2,17,18,19,20);1H. The van der Waals surface area contributed by atoms with Crippen molar-refractivity contribution in [2.45, 2.75) is 6.92 Å². The number of aromatic nitrogens is 2. The first kappa shape index (κ1) is 19.2. The lowest BCUT2D eigenvalue weighted by molar-refractivity contribution is -0.441. The first-order chi connectivity index (χ1) is 10.7. The van der Waals surface area contributed by atoms with Crippen LogP contribution in [0, 0.1) is 6.92 Å². The van der Waals surface area contributed by atoms with Crippen molar-refractivity contribution in [3.05, 3.63) is 60.3 Å². The van der Waals surface area contributed by atoms with Crippen LogP contribution in [0.5, 0.6) is 0 Å². The van der Waals surface area contributed by atoms with Crippen LogP contribution in [0.1, 0.15) is 16.1 Å². The summed E-state index contributed by atoms with van der Waals surface area (Å²) in [5, 5.41) is 10.9. The van der Waals surface area contributed by atoms with E-state index in [1.807, 2.05) is 43.3 Å². The van der Waals surface area contributed by atoms with Crippen LogP contribution in [0.15, 0.2) is 49.1 Å². The lowest BCUT2D eigenvalue weighted by Gasteiger charge is -2.01. The minimum Gasteiger partial charge on any atom is -1.00 e. The molecule has 0 spiro atoms. The van der Waals surface area contributed by atoms with E-state index in [2.05, 4.69) is 27.1 Å². The highest BCUT2D eigenvalue weighted by Gasteiger charge is 2.14. The molecule has 2 aromatic rings. The van der Waals surface area contributed by atoms with Crippen molar-refractivity contribution >= 4 is 28.5 Å². The van der Waals surface area contributed by atoms with Gasteiger partial charge in [-0.3, -0.25) is 14.9 Å². The van der Waals surface area contributed by atoms with Crippen LogP contribution >= 0.6 is 11.8 Å². The summed E-state index contributed by atoms with van der Waals surface area (Å²) in [7, 11) is 0. The van der Waals surface area contributed by atoms with E-state index >= 15 is 0 Å². The van der Waals surface area contributed by atoms with Crippen molar-refractivity contribution in [1.82, 2.24) is 10.2 Å². The zero-order valence-corrected chi connectivity index (χ0v) is 15.2. The molecule has 5 nitrogen and oxygen atoms in total. The van der Waals surface area contributed by atoms with Gasteiger partial charge >= 0.3 is 5.17 Å². The first-order valence-corrected chi connectivity index (χ1v) is 7.89. The molecule has 3 N–H and O–H groups in total. The van der Waals surface area contributed by atoms with Gasteiger partial charge in [-0.25, -0.2) is 5.32 Å². The molecule has 0 aliphatic carbocycles. The highest BCUT2D eigenvalue weighted by atomic mass is 79.9. The fourth-order valence-corrected chi connectivity index (χ4v) is 2.54. The van der Waals surface area contributed by atoms with Gasteiger partial charge in [0.2, 0.25) is 5.82 Å². The van der Waals surface area contributed by atoms with Crippen molar-refractivity contribution in [1.29, 1.82) is 0 Å². The van der Waals surface area contributed by atoms with Gasteiger partial charge in [-0.1, -0.05) is 43.0 Å². The molecule has 0 radical (unpaired) electrons. The number of carbonyl (C=O) groups excluding carboxylic acids is 1. The van der Waals surface area contributed by atoms with Crippen LogP contribution in [-0.4, -0.2) is 33.4 Å². The molecule has 0 atom stereocenters. The SMILES string of the molecule is C=CC[NH+]=C(Nc1cc(C)[nH]n1)SCC(=O)c1ccccc1.[Br-]. The summed E-state index contributed by atoms with van der Waals surface area (Å²) in [4.78, 5) is 15.3. The number of carbonyl (C=O) groups is 1. The van der Waals surface area contributed by atoms with Crippen LogP contribution in [-0.2, 0) is 0 Å². The number of Topliss-reactive ketones (excluding diaryl/α,β-unsaturated/α-hetero) is 1. The molecule has 0 aliphatic heterocycles. The Labute approximate surface area is 150 Å². The van der Waals surface area contributed by atoms with Crippen molar-refractivity contribution < 1.29 is 26.8 Å². The lowest BCUT2D eigenvalue weighted by Crippen LogP contribution is -3.00. The largest absolute Gasteiger partial charge is 1.00 e. The average Bonchev–Trinajstić information content (AvgIpc) is 2.95. The van der Waals surface area contributed by atoms with E-state index in [0.29, 0.717) is 23.7 Å². The summed E-state index contributed by atoms with van der Waals surface area (Å²) in [6.07, 6.45) is 1.76. The number of rotatable bonds is 6. The molecule has 1 aromatic heterocycles. The molecule has 0 saturated heterocycles. The van der Waals surface area contributed by atoms with E-state index in [1.54, 1.807) is 6.08 Å². The maximum absolute atomic E-state index is 12.1. The van der Waals surface area contributed by atoms with Crippen LogP contribution in [0.3, 0.4) is 0 Å². The van der Waals surface area contributed by atoms with E-state index in [9.17, 15) is 4.79 Å². The minimum absolute atomic E-state index is 0. The Morgan fingerprint density at radius 2 is 2.17 bits per heavy atom. The Morgan fingerprint density at radius 3 is 2.78 bits per heavy atom. The summed E-state index contributed by atoms with van der Waals surface area (Å²) in [6.45, 7) is 6.23. The number of thioether (sulfide) groups is 1. The van der Waals surface area contributed by atoms with Crippen LogP contribution in [0.4, 0.5) is 5.82 Å². The number of hydrogen-bond donors (Lipinski definition) is 3. The van der Waals surface area contributed by atoms with E-state index in [1.165, 1.54) is 11.8 Å². The molecule has 0 amide bonds. The highest BCUT2D eigenvalue weighted by molar-refractivity contribution is 8.14. The van der Waals surface area contributed by atoms with Gasteiger partial charge in [-0.2, -0.15) is 0 Å². The summed E-state index contributed by atoms with van der Waals surface area (Å²) in [6, 6.07) is 11.2. The van der Waals surface area contributed by atoms with Gasteiger partial charge in [0.15, 0.2) is 5.78 Å². The Bertz CT molecular complexity index is 670. The van der Waals surface area contributed by atoms with Crippen molar-refractivity contribution in [2.24, 2.45) is 0 Å². The van der Waals surface area contributed by atoms with Gasteiger partial charge in [0.1, 0.15) is 6.54 Å². The number of aryl methyl sites for hydroxylation is 1. The second-order valence-electron chi connectivity index (χ2n) is 4.64. The molecule has 2 rings (SSSR count). The topological polar surface area (TPSA) is 71.8 Å². The van der Waals surface area contributed by atoms with E-state index in [-0.39, 0.29) is 22.8 Å². The zero-order valence-electron chi connectivity index (χ0n) is 12.8. The van der Waals surface area contributed by atoms with Gasteiger partial charge in [-0.05, 0) is 18.7 Å². The Balaban J connectivity index is 0.00000264. The van der Waals surface area contributed by atoms with Gasteiger partial charge in [-0.15, -0.1) is 5.10 Å². The molecule has 7 heteroatoms. The third-order valence-electron chi connectivity index (χ3n) is 2.80. The number of anilines is 1. The molecule has 0 bridgehead atoms. The number of halogens is 1. The second-order valence-corrected chi connectivity index (χ2v) is 5.62. The number of amidine groups is 1.